The normalized spacial score (nSPS) is 15.4. The van der Waals surface area contributed by atoms with E-state index in [0.29, 0.717) is 5.15 Å². The summed E-state index contributed by atoms with van der Waals surface area (Å²) in [4.78, 5) is 9.13. The number of nitrogens with zero attached hydrogens (tertiary/aromatic N) is 2. The highest BCUT2D eigenvalue weighted by atomic mass is 35.5. The van der Waals surface area contributed by atoms with E-state index in [1.54, 1.807) is 6.20 Å². The van der Waals surface area contributed by atoms with E-state index in [4.69, 9.17) is 22.3 Å². The van der Waals surface area contributed by atoms with Gasteiger partial charge < -0.3 is 5.73 Å². The largest absolute Gasteiger partial charge is 0.321 e. The summed E-state index contributed by atoms with van der Waals surface area (Å²) in [6.45, 7) is 0. The van der Waals surface area contributed by atoms with Gasteiger partial charge in [-0.15, -0.1) is 0 Å². The summed E-state index contributed by atoms with van der Waals surface area (Å²) in [6.07, 6.45) is 5.05. The number of hydrogen-bond donors (Lipinski definition) is 1. The number of hydrogen-bond acceptors (Lipinski definition) is 3. The molecule has 138 valence electrons. The van der Waals surface area contributed by atoms with Crippen LogP contribution in [0.4, 0.5) is 0 Å². The molecule has 2 heterocycles. The minimum Gasteiger partial charge on any atom is -0.321 e. The predicted molar refractivity (Wildman–Crippen MR) is 115 cm³/mol. The number of nitrogens with two attached hydrogens (primary N) is 1. The Morgan fingerprint density at radius 3 is 2.32 bits per heavy atom. The van der Waals surface area contributed by atoms with Crippen LogP contribution in [0.5, 0.6) is 0 Å². The molecular weight excluding hydrogens is 366 g/mol. The zero-order valence-electron chi connectivity index (χ0n) is 15.4. The van der Waals surface area contributed by atoms with Gasteiger partial charge in [0.05, 0.1) is 17.4 Å². The Labute approximate surface area is 169 Å². The second-order valence-corrected chi connectivity index (χ2v) is 7.92. The molecule has 0 bridgehead atoms. The van der Waals surface area contributed by atoms with Crippen LogP contribution < -0.4 is 5.73 Å². The van der Waals surface area contributed by atoms with Crippen molar-refractivity contribution in [3.05, 3.63) is 83.6 Å². The van der Waals surface area contributed by atoms with E-state index in [9.17, 15) is 0 Å². The van der Waals surface area contributed by atoms with Gasteiger partial charge in [-0.05, 0) is 42.5 Å². The molecule has 1 fully saturated rings. The molecule has 0 unspecified atom stereocenters. The summed E-state index contributed by atoms with van der Waals surface area (Å²) in [5, 5.41) is 1.45. The third-order valence-electron chi connectivity index (χ3n) is 5.73. The van der Waals surface area contributed by atoms with Crippen LogP contribution in [-0.4, -0.2) is 9.97 Å². The number of aromatic nitrogens is 2. The zero-order chi connectivity index (χ0) is 19.1. The van der Waals surface area contributed by atoms with Gasteiger partial charge in [0.1, 0.15) is 5.15 Å². The van der Waals surface area contributed by atoms with Crippen molar-refractivity contribution < 1.29 is 0 Å². The predicted octanol–water partition coefficient (Wildman–Crippen LogP) is 5.96. The summed E-state index contributed by atoms with van der Waals surface area (Å²) < 4.78 is 0. The average Bonchev–Trinajstić information content (AvgIpc) is 2.72. The maximum atomic E-state index is 6.49. The lowest BCUT2D eigenvalue weighted by molar-refractivity contribution is 0.253. The summed E-state index contributed by atoms with van der Waals surface area (Å²) >= 11 is 6.10. The molecule has 0 aliphatic heterocycles. The Kier molecular flexibility index (Phi) is 4.15. The van der Waals surface area contributed by atoms with E-state index in [2.05, 4.69) is 47.4 Å². The number of pyridine rings is 2. The van der Waals surface area contributed by atoms with Crippen molar-refractivity contribution in [1.82, 2.24) is 9.97 Å². The molecule has 0 atom stereocenters. The van der Waals surface area contributed by atoms with Crippen molar-refractivity contribution in [2.45, 2.75) is 24.8 Å². The second-order valence-electron chi connectivity index (χ2n) is 7.54. The maximum Gasteiger partial charge on any atom is 0.129 e. The first kappa shape index (κ1) is 17.4. The van der Waals surface area contributed by atoms with Gasteiger partial charge in [-0.2, -0.15) is 0 Å². The van der Waals surface area contributed by atoms with Crippen LogP contribution >= 0.6 is 11.6 Å². The fourth-order valence-electron chi connectivity index (χ4n) is 3.91. The van der Waals surface area contributed by atoms with Crippen LogP contribution in [-0.2, 0) is 5.54 Å². The molecule has 4 aromatic rings. The van der Waals surface area contributed by atoms with E-state index >= 15 is 0 Å². The fraction of sp³-hybridized carbons (Fsp3) is 0.167. The Morgan fingerprint density at radius 1 is 0.893 bits per heavy atom. The lowest BCUT2D eigenvalue weighted by Gasteiger charge is -2.38. The van der Waals surface area contributed by atoms with Gasteiger partial charge in [-0.1, -0.05) is 66.2 Å². The van der Waals surface area contributed by atoms with Crippen LogP contribution in [0.15, 0.2) is 72.9 Å². The van der Waals surface area contributed by atoms with E-state index in [1.807, 2.05) is 24.3 Å². The van der Waals surface area contributed by atoms with Crippen LogP contribution in [0.25, 0.3) is 33.3 Å². The molecule has 2 aromatic carbocycles. The molecule has 0 amide bonds. The minimum atomic E-state index is -0.154. The van der Waals surface area contributed by atoms with Gasteiger partial charge >= 0.3 is 0 Å². The molecule has 0 saturated heterocycles. The Hall–Kier alpha value is -2.75. The number of rotatable bonds is 3. The Morgan fingerprint density at radius 2 is 1.64 bits per heavy atom. The lowest BCUT2D eigenvalue weighted by Crippen LogP contribution is -2.43. The van der Waals surface area contributed by atoms with Gasteiger partial charge in [-0.25, -0.2) is 9.97 Å². The van der Waals surface area contributed by atoms with Gasteiger partial charge in [0.15, 0.2) is 0 Å². The van der Waals surface area contributed by atoms with Crippen molar-refractivity contribution in [2.75, 3.05) is 0 Å². The molecule has 4 heteroatoms. The van der Waals surface area contributed by atoms with Crippen molar-refractivity contribution >= 4 is 22.5 Å². The maximum absolute atomic E-state index is 6.49. The van der Waals surface area contributed by atoms with Crippen LogP contribution in [0, 0.1) is 0 Å². The number of fused-ring (bicyclic) bond motifs is 1. The molecule has 5 rings (SSSR count). The summed E-state index contributed by atoms with van der Waals surface area (Å²) in [5.41, 5.74) is 12.6. The first-order valence-electron chi connectivity index (χ1n) is 9.54. The minimum absolute atomic E-state index is 0.154. The highest BCUT2D eigenvalue weighted by Crippen LogP contribution is 2.40. The summed E-state index contributed by atoms with van der Waals surface area (Å²) in [5.74, 6) is 0. The molecular formula is C24H20ClN3. The summed E-state index contributed by atoms with van der Waals surface area (Å²) in [6, 6.07) is 22.9. The molecule has 0 spiro atoms. The first-order chi connectivity index (χ1) is 13.6. The zero-order valence-corrected chi connectivity index (χ0v) is 16.2. The van der Waals surface area contributed by atoms with Crippen LogP contribution in [0.2, 0.25) is 5.15 Å². The fourth-order valence-corrected chi connectivity index (χ4v) is 4.08. The van der Waals surface area contributed by atoms with E-state index < -0.39 is 0 Å². The number of halogens is 1. The highest BCUT2D eigenvalue weighted by Gasteiger charge is 2.34. The topological polar surface area (TPSA) is 51.8 Å². The molecule has 3 nitrogen and oxygen atoms in total. The molecule has 28 heavy (non-hydrogen) atoms. The first-order valence-corrected chi connectivity index (χ1v) is 9.92. The van der Waals surface area contributed by atoms with E-state index in [0.717, 1.165) is 46.1 Å². The van der Waals surface area contributed by atoms with E-state index in [-0.39, 0.29) is 5.54 Å². The van der Waals surface area contributed by atoms with Crippen molar-refractivity contribution in [1.29, 1.82) is 0 Å². The molecule has 2 N–H and O–H groups in total. The summed E-state index contributed by atoms with van der Waals surface area (Å²) in [7, 11) is 0. The Bertz CT molecular complexity index is 1150. The van der Waals surface area contributed by atoms with Gasteiger partial charge in [0.25, 0.3) is 0 Å². The Balaban J connectivity index is 1.68. The smallest absolute Gasteiger partial charge is 0.129 e. The standard InChI is InChI=1S/C24H20ClN3/c25-22-14-18-13-20(16-5-2-1-3-6-16)23(28-21(18)15-27-22)17-7-9-19(10-8-17)24(26)11-4-12-24/h1-3,5-10,13-15H,4,11-12,26H2. The van der Waals surface area contributed by atoms with Crippen LogP contribution in [0.3, 0.4) is 0 Å². The van der Waals surface area contributed by atoms with Gasteiger partial charge in [-0.3, -0.25) is 0 Å². The van der Waals surface area contributed by atoms with Crippen molar-refractivity contribution in [3.8, 4) is 22.4 Å². The second kappa shape index (κ2) is 6.69. The quantitative estimate of drug-likeness (QED) is 0.443. The number of benzene rings is 2. The van der Waals surface area contributed by atoms with Crippen molar-refractivity contribution in [3.63, 3.8) is 0 Å². The lowest BCUT2D eigenvalue weighted by atomic mass is 9.72. The van der Waals surface area contributed by atoms with Gasteiger partial charge in [0.2, 0.25) is 0 Å². The highest BCUT2D eigenvalue weighted by molar-refractivity contribution is 6.30. The van der Waals surface area contributed by atoms with Crippen molar-refractivity contribution in [2.24, 2.45) is 5.73 Å². The molecule has 1 aliphatic carbocycles. The average molecular weight is 386 g/mol. The monoisotopic (exact) mass is 385 g/mol. The molecule has 2 aromatic heterocycles. The molecule has 1 aliphatic rings. The third kappa shape index (κ3) is 2.97. The SMILES string of the molecule is NC1(c2ccc(-c3nc4cnc(Cl)cc4cc3-c3ccccc3)cc2)CCC1. The third-order valence-corrected chi connectivity index (χ3v) is 5.94. The molecule has 0 radical (unpaired) electrons. The van der Waals surface area contributed by atoms with Crippen LogP contribution in [0.1, 0.15) is 24.8 Å². The van der Waals surface area contributed by atoms with E-state index in [1.165, 1.54) is 12.0 Å². The molecule has 1 saturated carbocycles. The van der Waals surface area contributed by atoms with Gasteiger partial charge in [0, 0.05) is 22.1 Å².